The molecule has 3 N–H and O–H groups in total. The van der Waals surface area contributed by atoms with Crippen molar-refractivity contribution in [2.24, 2.45) is 11.7 Å². The molecule has 2 atom stereocenters. The fourth-order valence-electron chi connectivity index (χ4n) is 1.45. The average Bonchev–Trinajstić information content (AvgIpc) is 2.37. The summed E-state index contributed by atoms with van der Waals surface area (Å²) in [5.41, 5.74) is 6.74. The Bertz CT molecular complexity index is 482. The second-order valence-corrected chi connectivity index (χ2v) is 5.12. The second kappa shape index (κ2) is 6.53. The number of carbonyl (C=O) groups is 1. The highest BCUT2D eigenvalue weighted by atomic mass is 79.9. The van der Waals surface area contributed by atoms with Gasteiger partial charge in [0.2, 0.25) is 5.91 Å². The van der Waals surface area contributed by atoms with E-state index in [1.54, 1.807) is 18.2 Å². The van der Waals surface area contributed by atoms with E-state index in [0.717, 1.165) is 10.9 Å². The molecule has 0 bridgehead atoms. The summed E-state index contributed by atoms with van der Waals surface area (Å²) < 4.78 is 0.800. The van der Waals surface area contributed by atoms with Gasteiger partial charge in [-0.2, -0.15) is 5.26 Å². The van der Waals surface area contributed by atoms with E-state index in [1.807, 2.05) is 19.9 Å². The molecule has 1 rings (SSSR count). The monoisotopic (exact) mass is 309 g/mol. The van der Waals surface area contributed by atoms with Crippen molar-refractivity contribution in [3.05, 3.63) is 28.2 Å². The first-order valence-corrected chi connectivity index (χ1v) is 6.55. The molecule has 0 heterocycles. The molecule has 4 nitrogen and oxygen atoms in total. The summed E-state index contributed by atoms with van der Waals surface area (Å²) >= 11 is 3.30. The summed E-state index contributed by atoms with van der Waals surface area (Å²) in [7, 11) is 0. The molecule has 0 saturated heterocycles. The van der Waals surface area contributed by atoms with Crippen molar-refractivity contribution in [3.63, 3.8) is 0 Å². The highest BCUT2D eigenvalue weighted by Gasteiger charge is 2.20. The van der Waals surface area contributed by atoms with Gasteiger partial charge in [0.25, 0.3) is 0 Å². The van der Waals surface area contributed by atoms with Gasteiger partial charge in [-0.05, 0) is 24.1 Å². The summed E-state index contributed by atoms with van der Waals surface area (Å²) in [5.74, 6) is -0.165. The third-order valence-corrected chi connectivity index (χ3v) is 3.41. The average molecular weight is 310 g/mol. The van der Waals surface area contributed by atoms with E-state index < -0.39 is 6.04 Å². The largest absolute Gasteiger partial charge is 0.323 e. The standard InChI is InChI=1S/C13H16BrN3O/c1-3-8(2)12(16)13(18)17-11-6-10(14)5-4-9(11)7-15/h4-6,8,12H,3,16H2,1-2H3,(H,17,18)/t8?,12-/m0/s1. The van der Waals surface area contributed by atoms with Gasteiger partial charge in [-0.1, -0.05) is 36.2 Å². The summed E-state index contributed by atoms with van der Waals surface area (Å²) in [6, 6.07) is 6.56. The third kappa shape index (κ3) is 3.56. The van der Waals surface area contributed by atoms with Crippen molar-refractivity contribution in [2.45, 2.75) is 26.3 Å². The molecule has 96 valence electrons. The van der Waals surface area contributed by atoms with Crippen molar-refractivity contribution in [3.8, 4) is 6.07 Å². The lowest BCUT2D eigenvalue weighted by Gasteiger charge is -2.18. The molecular weight excluding hydrogens is 294 g/mol. The van der Waals surface area contributed by atoms with Crippen LogP contribution in [0, 0.1) is 17.2 Å². The van der Waals surface area contributed by atoms with Crippen LogP contribution in [-0.4, -0.2) is 11.9 Å². The smallest absolute Gasteiger partial charge is 0.241 e. The topological polar surface area (TPSA) is 78.9 Å². The fourth-order valence-corrected chi connectivity index (χ4v) is 1.81. The van der Waals surface area contributed by atoms with Crippen LogP contribution in [0.25, 0.3) is 0 Å². The molecule has 0 fully saturated rings. The molecule has 0 spiro atoms. The second-order valence-electron chi connectivity index (χ2n) is 4.20. The number of hydrogen-bond donors (Lipinski definition) is 2. The number of nitrogens with zero attached hydrogens (tertiary/aromatic N) is 1. The van der Waals surface area contributed by atoms with Crippen molar-refractivity contribution in [2.75, 3.05) is 5.32 Å². The molecule has 0 aromatic heterocycles. The Morgan fingerprint density at radius 2 is 2.28 bits per heavy atom. The number of halogens is 1. The van der Waals surface area contributed by atoms with Crippen LogP contribution in [0.4, 0.5) is 5.69 Å². The fraction of sp³-hybridized carbons (Fsp3) is 0.385. The zero-order chi connectivity index (χ0) is 13.7. The van der Waals surface area contributed by atoms with Crippen LogP contribution < -0.4 is 11.1 Å². The maximum absolute atomic E-state index is 11.9. The van der Waals surface area contributed by atoms with Gasteiger partial charge in [0, 0.05) is 4.47 Å². The number of carbonyl (C=O) groups excluding carboxylic acids is 1. The van der Waals surface area contributed by atoms with Crippen LogP contribution in [0.1, 0.15) is 25.8 Å². The lowest BCUT2D eigenvalue weighted by atomic mass is 9.99. The lowest BCUT2D eigenvalue weighted by Crippen LogP contribution is -2.40. The summed E-state index contributed by atoms with van der Waals surface area (Å²) in [6.45, 7) is 3.91. The van der Waals surface area contributed by atoms with E-state index in [0.29, 0.717) is 11.3 Å². The van der Waals surface area contributed by atoms with Crippen molar-refractivity contribution in [1.82, 2.24) is 0 Å². The Labute approximate surface area is 115 Å². The first-order chi connectivity index (χ1) is 8.49. The molecule has 1 aromatic carbocycles. The van der Waals surface area contributed by atoms with Gasteiger partial charge < -0.3 is 11.1 Å². The van der Waals surface area contributed by atoms with Gasteiger partial charge >= 0.3 is 0 Å². The quantitative estimate of drug-likeness (QED) is 0.897. The molecule has 5 heteroatoms. The number of nitrogens with one attached hydrogen (secondary N) is 1. The van der Waals surface area contributed by atoms with Crippen LogP contribution >= 0.6 is 15.9 Å². The number of amides is 1. The van der Waals surface area contributed by atoms with Crippen LogP contribution in [0.5, 0.6) is 0 Å². The third-order valence-electron chi connectivity index (χ3n) is 2.92. The number of benzene rings is 1. The minimum absolute atomic E-state index is 0.0997. The van der Waals surface area contributed by atoms with Crippen LogP contribution in [-0.2, 0) is 4.79 Å². The molecule has 0 aliphatic heterocycles. The van der Waals surface area contributed by atoms with E-state index in [1.165, 1.54) is 0 Å². The Morgan fingerprint density at radius 3 is 2.83 bits per heavy atom. The van der Waals surface area contributed by atoms with Crippen molar-refractivity contribution in [1.29, 1.82) is 5.26 Å². The summed E-state index contributed by atoms with van der Waals surface area (Å²) in [4.78, 5) is 11.9. The highest BCUT2D eigenvalue weighted by Crippen LogP contribution is 2.21. The summed E-state index contributed by atoms with van der Waals surface area (Å²) in [5, 5.41) is 11.7. The maximum atomic E-state index is 11.9. The summed E-state index contributed by atoms with van der Waals surface area (Å²) in [6.07, 6.45) is 0.832. The normalized spacial score (nSPS) is 13.5. The van der Waals surface area contributed by atoms with Crippen molar-refractivity contribution < 1.29 is 4.79 Å². The van der Waals surface area contributed by atoms with E-state index >= 15 is 0 Å². The van der Waals surface area contributed by atoms with E-state index in [2.05, 4.69) is 21.2 Å². The minimum atomic E-state index is -0.569. The minimum Gasteiger partial charge on any atom is -0.323 e. The lowest BCUT2D eigenvalue weighted by molar-refractivity contribution is -0.118. The van der Waals surface area contributed by atoms with E-state index in [4.69, 9.17) is 11.0 Å². The van der Waals surface area contributed by atoms with E-state index in [9.17, 15) is 4.79 Å². The maximum Gasteiger partial charge on any atom is 0.241 e. The Balaban J connectivity index is 2.88. The predicted octanol–water partition coefficient (Wildman–Crippen LogP) is 2.63. The van der Waals surface area contributed by atoms with Gasteiger partial charge in [0.05, 0.1) is 17.3 Å². The Morgan fingerprint density at radius 1 is 1.61 bits per heavy atom. The van der Waals surface area contributed by atoms with E-state index in [-0.39, 0.29) is 11.8 Å². The molecule has 1 amide bonds. The van der Waals surface area contributed by atoms with Gasteiger partial charge in [-0.15, -0.1) is 0 Å². The zero-order valence-electron chi connectivity index (χ0n) is 10.4. The number of nitrogens with two attached hydrogens (primary N) is 1. The first kappa shape index (κ1) is 14.7. The predicted molar refractivity (Wildman–Crippen MR) is 74.9 cm³/mol. The molecule has 0 aliphatic carbocycles. The molecular formula is C13H16BrN3O. The first-order valence-electron chi connectivity index (χ1n) is 5.75. The number of rotatable bonds is 4. The molecule has 18 heavy (non-hydrogen) atoms. The SMILES string of the molecule is CCC(C)[C@H](N)C(=O)Nc1cc(Br)ccc1C#N. The number of nitriles is 1. The van der Waals surface area contributed by atoms with Crippen LogP contribution in [0.2, 0.25) is 0 Å². The Kier molecular flexibility index (Phi) is 5.32. The van der Waals surface area contributed by atoms with Gasteiger partial charge in [-0.25, -0.2) is 0 Å². The highest BCUT2D eigenvalue weighted by molar-refractivity contribution is 9.10. The van der Waals surface area contributed by atoms with Crippen LogP contribution in [0.15, 0.2) is 22.7 Å². The molecule has 1 aromatic rings. The molecule has 0 radical (unpaired) electrons. The van der Waals surface area contributed by atoms with Gasteiger partial charge in [0.1, 0.15) is 6.07 Å². The number of hydrogen-bond acceptors (Lipinski definition) is 3. The zero-order valence-corrected chi connectivity index (χ0v) is 12.0. The van der Waals surface area contributed by atoms with Gasteiger partial charge in [-0.3, -0.25) is 4.79 Å². The molecule has 0 saturated carbocycles. The van der Waals surface area contributed by atoms with Gasteiger partial charge in [0.15, 0.2) is 0 Å². The molecule has 1 unspecified atom stereocenters. The molecule has 0 aliphatic rings. The van der Waals surface area contributed by atoms with Crippen LogP contribution in [0.3, 0.4) is 0 Å². The Hall–Kier alpha value is -1.38. The van der Waals surface area contributed by atoms with Crippen molar-refractivity contribution >= 4 is 27.5 Å². The number of anilines is 1.